The molecule has 0 aliphatic heterocycles. The highest BCUT2D eigenvalue weighted by molar-refractivity contribution is 5.65. The summed E-state index contributed by atoms with van der Waals surface area (Å²) in [6.07, 6.45) is 7.51. The zero-order valence-electron chi connectivity index (χ0n) is 9.63. The Kier molecular flexibility index (Phi) is 3.30. The minimum atomic E-state index is -0.238. The summed E-state index contributed by atoms with van der Waals surface area (Å²) in [6.45, 7) is 8.40. The number of rotatable bonds is 2. The van der Waals surface area contributed by atoms with Crippen LogP contribution < -0.4 is 0 Å². The molecule has 0 radical (unpaired) electrons. The van der Waals surface area contributed by atoms with Gasteiger partial charge >= 0.3 is 0 Å². The van der Waals surface area contributed by atoms with Gasteiger partial charge < -0.3 is 4.79 Å². The van der Waals surface area contributed by atoms with Crippen molar-refractivity contribution >= 4 is 6.29 Å². The van der Waals surface area contributed by atoms with Gasteiger partial charge in [-0.3, -0.25) is 0 Å². The van der Waals surface area contributed by atoms with E-state index in [4.69, 9.17) is 0 Å². The highest BCUT2D eigenvalue weighted by Gasteiger charge is 2.34. The van der Waals surface area contributed by atoms with Crippen LogP contribution in [0.3, 0.4) is 0 Å². The van der Waals surface area contributed by atoms with Gasteiger partial charge in [0.1, 0.15) is 6.29 Å². The van der Waals surface area contributed by atoms with E-state index in [-0.39, 0.29) is 5.41 Å². The number of hydrogen-bond acceptors (Lipinski definition) is 1. The summed E-state index contributed by atoms with van der Waals surface area (Å²) < 4.78 is 0. The van der Waals surface area contributed by atoms with Crippen LogP contribution in [-0.2, 0) is 4.79 Å². The van der Waals surface area contributed by atoms with Gasteiger partial charge in [0.25, 0.3) is 0 Å². The zero-order chi connectivity index (χ0) is 10.8. The summed E-state index contributed by atoms with van der Waals surface area (Å²) in [5, 5.41) is 0. The molecule has 1 rings (SSSR count). The molecule has 1 heteroatoms. The molecule has 0 saturated heterocycles. The third-order valence-corrected chi connectivity index (χ3v) is 3.11. The maximum Gasteiger partial charge on any atom is 0.130 e. The molecule has 1 nitrogen and oxygen atoms in total. The van der Waals surface area contributed by atoms with Crippen molar-refractivity contribution in [3.8, 4) is 0 Å². The first-order valence-corrected chi connectivity index (χ1v) is 5.30. The molecule has 0 fully saturated rings. The maximum absolute atomic E-state index is 11.3. The van der Waals surface area contributed by atoms with E-state index in [0.717, 1.165) is 19.1 Å². The summed E-state index contributed by atoms with van der Waals surface area (Å²) in [5.74, 6) is 0.337. The van der Waals surface area contributed by atoms with E-state index in [9.17, 15) is 4.79 Å². The molecule has 0 N–H and O–H groups in total. The Labute approximate surface area is 86.9 Å². The fraction of sp³-hybridized carbons (Fsp3) is 0.615. The average Bonchev–Trinajstić information content (AvgIpc) is 2.10. The summed E-state index contributed by atoms with van der Waals surface area (Å²) in [6, 6.07) is 0. The van der Waals surface area contributed by atoms with Crippen LogP contribution in [0.15, 0.2) is 23.3 Å². The summed E-state index contributed by atoms with van der Waals surface area (Å²) in [7, 11) is 0. The second-order valence-corrected chi connectivity index (χ2v) is 4.75. The minimum absolute atomic E-state index is 0.238. The maximum atomic E-state index is 11.3. The lowest BCUT2D eigenvalue weighted by Crippen LogP contribution is -2.30. The van der Waals surface area contributed by atoms with E-state index in [0.29, 0.717) is 5.92 Å². The minimum Gasteiger partial charge on any atom is -0.302 e. The second kappa shape index (κ2) is 4.12. The van der Waals surface area contributed by atoms with E-state index in [1.165, 1.54) is 11.1 Å². The lowest BCUT2D eigenvalue weighted by molar-refractivity contribution is -0.115. The fourth-order valence-electron chi connectivity index (χ4n) is 2.25. The SMILES string of the molecule is CC(C)=CC1(C=O)CCC(C)=CC1C. The van der Waals surface area contributed by atoms with Crippen molar-refractivity contribution < 1.29 is 4.79 Å². The smallest absolute Gasteiger partial charge is 0.130 e. The molecular formula is C13H20O. The van der Waals surface area contributed by atoms with Gasteiger partial charge in [0.2, 0.25) is 0 Å². The first-order chi connectivity index (χ1) is 6.50. The van der Waals surface area contributed by atoms with Crippen LogP contribution in [0, 0.1) is 11.3 Å². The summed E-state index contributed by atoms with van der Waals surface area (Å²) in [4.78, 5) is 11.3. The first kappa shape index (κ1) is 11.2. The number of carbonyl (C=O) groups excluding carboxylic acids is 1. The van der Waals surface area contributed by atoms with E-state index < -0.39 is 0 Å². The van der Waals surface area contributed by atoms with Crippen molar-refractivity contribution in [3.63, 3.8) is 0 Å². The highest BCUT2D eigenvalue weighted by Crippen LogP contribution is 2.40. The van der Waals surface area contributed by atoms with Crippen molar-refractivity contribution in [2.75, 3.05) is 0 Å². The quantitative estimate of drug-likeness (QED) is 0.483. The molecule has 0 amide bonds. The number of carbonyl (C=O) groups is 1. The molecule has 0 spiro atoms. The Hall–Kier alpha value is -0.850. The second-order valence-electron chi connectivity index (χ2n) is 4.75. The van der Waals surface area contributed by atoms with Crippen LogP contribution in [0.2, 0.25) is 0 Å². The molecule has 0 heterocycles. The van der Waals surface area contributed by atoms with Gasteiger partial charge in [0.15, 0.2) is 0 Å². The number of allylic oxidation sites excluding steroid dienone is 4. The normalized spacial score (nSPS) is 32.0. The van der Waals surface area contributed by atoms with Crippen LogP contribution >= 0.6 is 0 Å². The molecule has 2 atom stereocenters. The molecule has 14 heavy (non-hydrogen) atoms. The van der Waals surface area contributed by atoms with Crippen LogP contribution in [0.4, 0.5) is 0 Å². The topological polar surface area (TPSA) is 17.1 Å². The molecule has 1 aliphatic carbocycles. The van der Waals surface area contributed by atoms with Crippen LogP contribution in [0.5, 0.6) is 0 Å². The molecule has 0 saturated carbocycles. The van der Waals surface area contributed by atoms with Gasteiger partial charge in [-0.25, -0.2) is 0 Å². The van der Waals surface area contributed by atoms with E-state index in [1.807, 2.05) is 0 Å². The predicted molar refractivity (Wildman–Crippen MR) is 60.1 cm³/mol. The standard InChI is InChI=1S/C13H20O/c1-10(2)8-13(9-14)6-5-11(3)7-12(13)4/h7-9,12H,5-6H2,1-4H3. The number of hydrogen-bond donors (Lipinski definition) is 0. The average molecular weight is 192 g/mol. The molecule has 0 aromatic carbocycles. The summed E-state index contributed by atoms with van der Waals surface area (Å²) >= 11 is 0. The molecular weight excluding hydrogens is 172 g/mol. The van der Waals surface area contributed by atoms with Crippen LogP contribution in [0.25, 0.3) is 0 Å². The zero-order valence-corrected chi connectivity index (χ0v) is 9.63. The highest BCUT2D eigenvalue weighted by atomic mass is 16.1. The molecule has 1 aliphatic rings. The van der Waals surface area contributed by atoms with E-state index in [1.54, 1.807) is 0 Å². The Balaban J connectivity index is 3.02. The van der Waals surface area contributed by atoms with Gasteiger partial charge in [-0.15, -0.1) is 0 Å². The monoisotopic (exact) mass is 192 g/mol. The van der Waals surface area contributed by atoms with E-state index in [2.05, 4.69) is 39.8 Å². The van der Waals surface area contributed by atoms with Crippen molar-refractivity contribution in [2.45, 2.75) is 40.5 Å². The number of aldehydes is 1. The molecule has 0 aromatic rings. The molecule has 2 unspecified atom stereocenters. The Morgan fingerprint density at radius 2 is 2.21 bits per heavy atom. The fourth-order valence-corrected chi connectivity index (χ4v) is 2.25. The van der Waals surface area contributed by atoms with Gasteiger partial charge in [-0.2, -0.15) is 0 Å². The third-order valence-electron chi connectivity index (χ3n) is 3.11. The third kappa shape index (κ3) is 2.14. The molecule has 0 bridgehead atoms. The first-order valence-electron chi connectivity index (χ1n) is 5.30. The Bertz CT molecular complexity index is 282. The molecule has 78 valence electrons. The molecule has 0 aromatic heterocycles. The van der Waals surface area contributed by atoms with Crippen molar-refractivity contribution in [1.82, 2.24) is 0 Å². The van der Waals surface area contributed by atoms with Crippen LogP contribution in [0.1, 0.15) is 40.5 Å². The van der Waals surface area contributed by atoms with E-state index >= 15 is 0 Å². The lowest BCUT2D eigenvalue weighted by Gasteiger charge is -2.34. The van der Waals surface area contributed by atoms with Gasteiger partial charge in [-0.1, -0.05) is 30.2 Å². The van der Waals surface area contributed by atoms with Crippen LogP contribution in [-0.4, -0.2) is 6.29 Å². The summed E-state index contributed by atoms with van der Waals surface area (Å²) in [5.41, 5.74) is 2.41. The van der Waals surface area contributed by atoms with Crippen molar-refractivity contribution in [1.29, 1.82) is 0 Å². The van der Waals surface area contributed by atoms with Gasteiger partial charge in [0, 0.05) is 0 Å². The van der Waals surface area contributed by atoms with Gasteiger partial charge in [0.05, 0.1) is 5.41 Å². The Morgan fingerprint density at radius 3 is 2.64 bits per heavy atom. The van der Waals surface area contributed by atoms with Gasteiger partial charge in [-0.05, 0) is 39.5 Å². The largest absolute Gasteiger partial charge is 0.302 e. The lowest BCUT2D eigenvalue weighted by atomic mass is 9.68. The van der Waals surface area contributed by atoms with Crippen molar-refractivity contribution in [3.05, 3.63) is 23.3 Å². The van der Waals surface area contributed by atoms with Crippen molar-refractivity contribution in [2.24, 2.45) is 11.3 Å². The Morgan fingerprint density at radius 1 is 1.57 bits per heavy atom. The predicted octanol–water partition coefficient (Wildman–Crippen LogP) is 3.51.